The van der Waals surface area contributed by atoms with Crippen LogP contribution in [0.2, 0.25) is 0 Å². The van der Waals surface area contributed by atoms with Crippen LogP contribution in [0.1, 0.15) is 22.3 Å². The van der Waals surface area contributed by atoms with E-state index in [2.05, 4.69) is 242 Å². The molecule has 0 fully saturated rings. The normalized spacial score (nSPS) is 11.4. The molecule has 9 aromatic carbocycles. The highest BCUT2D eigenvalue weighted by Gasteiger charge is 2.15. The minimum absolute atomic E-state index is 0.930. The van der Waals surface area contributed by atoms with Gasteiger partial charge in [-0.1, -0.05) is 194 Å². The summed E-state index contributed by atoms with van der Waals surface area (Å²) in [7, 11) is 4.19. The van der Waals surface area contributed by atoms with Crippen LogP contribution in [-0.2, 0) is 39.8 Å². The van der Waals surface area contributed by atoms with Crippen molar-refractivity contribution in [2.45, 2.75) is 25.7 Å². The molecule has 0 bridgehead atoms. The number of nitrogens with zero attached hydrogens (tertiary/aromatic N) is 5. The summed E-state index contributed by atoms with van der Waals surface area (Å²) >= 11 is 0. The third kappa shape index (κ3) is 9.05. The molecule has 346 valence electrons. The van der Waals surface area contributed by atoms with Gasteiger partial charge >= 0.3 is 0 Å². The minimum atomic E-state index is 0.930. The zero-order valence-electron chi connectivity index (χ0n) is 40.6. The molecule has 12 aromatic rings. The van der Waals surface area contributed by atoms with Crippen molar-refractivity contribution in [2.75, 3.05) is 0 Å². The summed E-state index contributed by atoms with van der Waals surface area (Å²) in [6.45, 7) is 0. The Bertz CT molecular complexity index is 3700. The van der Waals surface area contributed by atoms with Gasteiger partial charge in [-0.05, 0) is 129 Å². The first kappa shape index (κ1) is 44.3. The topological polar surface area (TPSA) is 48.5 Å². The average molecular weight is 928 g/mol. The van der Waals surface area contributed by atoms with Crippen LogP contribution in [0.3, 0.4) is 0 Å². The molecule has 0 amide bonds. The van der Waals surface area contributed by atoms with Crippen molar-refractivity contribution in [3.8, 4) is 78.5 Å². The predicted molar refractivity (Wildman–Crippen MR) is 299 cm³/mol. The Morgan fingerprint density at radius 1 is 0.306 bits per heavy atom. The summed E-state index contributed by atoms with van der Waals surface area (Å²) in [4.78, 5) is 14.7. The van der Waals surface area contributed by atoms with Crippen LogP contribution in [-0.4, -0.2) is 24.1 Å². The zero-order chi connectivity index (χ0) is 48.4. The van der Waals surface area contributed by atoms with Crippen LogP contribution in [0, 0.1) is 0 Å². The van der Waals surface area contributed by atoms with E-state index in [1.807, 2.05) is 18.3 Å². The summed E-state index contributed by atoms with van der Waals surface area (Å²) in [5, 5.41) is 0. The largest absolute Gasteiger partial charge is 0.327 e. The van der Waals surface area contributed by atoms with E-state index < -0.39 is 0 Å². The van der Waals surface area contributed by atoms with Crippen LogP contribution >= 0.6 is 0 Å². The summed E-state index contributed by atoms with van der Waals surface area (Å²) < 4.78 is 4.37. The molecule has 72 heavy (non-hydrogen) atoms. The first-order valence-electron chi connectivity index (χ1n) is 24.9. The fourth-order valence-corrected chi connectivity index (χ4v) is 10.3. The number of hydrogen-bond acceptors (Lipinski definition) is 3. The van der Waals surface area contributed by atoms with E-state index in [0.717, 1.165) is 87.3 Å². The number of aromatic nitrogens is 5. The summed E-state index contributed by atoms with van der Waals surface area (Å²) in [6.07, 6.45) is 5.65. The van der Waals surface area contributed by atoms with Crippen molar-refractivity contribution in [1.29, 1.82) is 0 Å². The third-order valence-corrected chi connectivity index (χ3v) is 14.3. The molecule has 0 unspecified atom stereocenters. The fourth-order valence-electron chi connectivity index (χ4n) is 10.3. The van der Waals surface area contributed by atoms with Gasteiger partial charge in [0.15, 0.2) is 0 Å². The van der Waals surface area contributed by atoms with E-state index in [4.69, 9.17) is 15.0 Å². The molecule has 3 heterocycles. The van der Waals surface area contributed by atoms with Gasteiger partial charge in [0.1, 0.15) is 11.6 Å². The van der Waals surface area contributed by atoms with E-state index in [0.29, 0.717) is 0 Å². The Balaban J connectivity index is 0.814. The lowest BCUT2D eigenvalue weighted by Crippen LogP contribution is -1.98. The SMILES string of the molecule is Cn1c(-c2ccc(CCc3cc(CCc4ccc(-c5nc6ccccc6n5C)cc4)cc(-c4ccccc4-c4ccc(-c5cc(-c6ccc(-c7ccccc7)cc6)ccn5)cc4)c3)cc2)nc2ccccc21. The lowest BCUT2D eigenvalue weighted by Gasteiger charge is -2.15. The van der Waals surface area contributed by atoms with E-state index in [1.165, 1.54) is 61.2 Å². The number of hydrogen-bond donors (Lipinski definition) is 0. The van der Waals surface area contributed by atoms with Crippen molar-refractivity contribution in [1.82, 2.24) is 24.1 Å². The number of pyridine rings is 1. The van der Waals surface area contributed by atoms with Gasteiger partial charge in [-0.2, -0.15) is 0 Å². The standard InChI is InChI=1S/C67H53N5/c1-71-64-18-10-8-16-61(64)69-66(71)55-28-24-46(25-29-55)20-22-48-42-49(23-21-47-26-30-56(31-27-47)67-70-62-17-9-11-19-65(62)72(67)2)44-58(43-48)60-15-7-6-14-59(60)53-36-38-54(39-37-53)63-45-57(40-41-68-63)52-34-32-51(33-35-52)50-12-4-3-5-13-50/h3-19,24-45H,20-23H2,1-2H3. The molecule has 0 radical (unpaired) electrons. The van der Waals surface area contributed by atoms with Crippen LogP contribution in [0.25, 0.3) is 101 Å². The second-order valence-electron chi connectivity index (χ2n) is 18.9. The van der Waals surface area contributed by atoms with Gasteiger partial charge in [-0.3, -0.25) is 4.98 Å². The van der Waals surface area contributed by atoms with Gasteiger partial charge in [0.25, 0.3) is 0 Å². The molecule has 0 atom stereocenters. The van der Waals surface area contributed by atoms with Gasteiger partial charge in [0.05, 0.1) is 27.8 Å². The summed E-state index contributed by atoms with van der Waals surface area (Å²) in [6, 6.07) is 83.2. The van der Waals surface area contributed by atoms with E-state index in [9.17, 15) is 0 Å². The number of fused-ring (bicyclic) bond motifs is 2. The summed E-state index contributed by atoms with van der Waals surface area (Å²) in [5.74, 6) is 1.97. The maximum Gasteiger partial charge on any atom is 0.140 e. The predicted octanol–water partition coefficient (Wildman–Crippen LogP) is 16.1. The number of benzene rings is 9. The first-order chi connectivity index (χ1) is 35.5. The van der Waals surface area contributed by atoms with E-state index in [-0.39, 0.29) is 0 Å². The monoisotopic (exact) mass is 927 g/mol. The number of rotatable bonds is 13. The smallest absolute Gasteiger partial charge is 0.140 e. The van der Waals surface area contributed by atoms with Crippen molar-refractivity contribution in [2.24, 2.45) is 14.1 Å². The molecule has 0 aliphatic carbocycles. The Morgan fingerprint density at radius 3 is 1.26 bits per heavy atom. The van der Waals surface area contributed by atoms with Crippen LogP contribution in [0.5, 0.6) is 0 Å². The van der Waals surface area contributed by atoms with E-state index in [1.54, 1.807) is 0 Å². The lowest BCUT2D eigenvalue weighted by atomic mass is 9.90. The highest BCUT2D eigenvalue weighted by molar-refractivity contribution is 5.86. The molecule has 0 saturated carbocycles. The molecular weight excluding hydrogens is 875 g/mol. The number of aryl methyl sites for hydroxylation is 6. The zero-order valence-corrected chi connectivity index (χ0v) is 40.6. The second kappa shape index (κ2) is 19.5. The molecule has 5 heteroatoms. The average Bonchev–Trinajstić information content (AvgIpc) is 3.97. The van der Waals surface area contributed by atoms with Crippen molar-refractivity contribution in [3.05, 3.63) is 259 Å². The quantitative estimate of drug-likeness (QED) is 0.116. The lowest BCUT2D eigenvalue weighted by molar-refractivity contribution is 0.929. The van der Waals surface area contributed by atoms with Crippen molar-refractivity contribution >= 4 is 22.1 Å². The van der Waals surface area contributed by atoms with E-state index >= 15 is 0 Å². The van der Waals surface area contributed by atoms with Crippen LogP contribution in [0.4, 0.5) is 0 Å². The van der Waals surface area contributed by atoms with Gasteiger partial charge in [-0.15, -0.1) is 0 Å². The summed E-state index contributed by atoms with van der Waals surface area (Å²) in [5.41, 5.74) is 23.5. The molecule has 3 aromatic heterocycles. The maximum absolute atomic E-state index is 4.95. The van der Waals surface area contributed by atoms with Gasteiger partial charge in [0.2, 0.25) is 0 Å². The Morgan fingerprint density at radius 2 is 0.722 bits per heavy atom. The minimum Gasteiger partial charge on any atom is -0.327 e. The fraction of sp³-hybridized carbons (Fsp3) is 0.0896. The van der Waals surface area contributed by atoms with Crippen LogP contribution in [0.15, 0.2) is 237 Å². The Kier molecular flexibility index (Phi) is 12.0. The highest BCUT2D eigenvalue weighted by Crippen LogP contribution is 2.36. The molecule has 0 spiro atoms. The van der Waals surface area contributed by atoms with Crippen molar-refractivity contribution in [3.63, 3.8) is 0 Å². The number of imidazole rings is 2. The van der Waals surface area contributed by atoms with Crippen molar-refractivity contribution < 1.29 is 0 Å². The van der Waals surface area contributed by atoms with Gasteiger partial charge in [-0.25, -0.2) is 9.97 Å². The molecule has 0 aliphatic rings. The Hall–Kier alpha value is -8.93. The second-order valence-corrected chi connectivity index (χ2v) is 18.9. The molecular formula is C67H53N5. The molecule has 0 aliphatic heterocycles. The maximum atomic E-state index is 4.95. The third-order valence-electron chi connectivity index (χ3n) is 14.3. The molecule has 0 saturated heterocycles. The highest BCUT2D eigenvalue weighted by atomic mass is 15.1. The molecule has 5 nitrogen and oxygen atoms in total. The van der Waals surface area contributed by atoms with Crippen LogP contribution < -0.4 is 0 Å². The first-order valence-corrected chi connectivity index (χ1v) is 24.9. The Labute approximate surface area is 421 Å². The van der Waals surface area contributed by atoms with Gasteiger partial charge in [0, 0.05) is 37.0 Å². The molecule has 12 rings (SSSR count). The van der Waals surface area contributed by atoms with Gasteiger partial charge < -0.3 is 9.13 Å². The number of para-hydroxylation sites is 4. The molecule has 0 N–H and O–H groups in total.